The predicted molar refractivity (Wildman–Crippen MR) is 73.5 cm³/mol. The van der Waals surface area contributed by atoms with Crippen molar-refractivity contribution in [2.45, 2.75) is 38.9 Å². The lowest BCUT2D eigenvalue weighted by molar-refractivity contribution is 0.182. The Balaban J connectivity index is 0. The number of hydrogen-bond acceptors (Lipinski definition) is 7. The Kier molecular flexibility index (Phi) is 11.0. The summed E-state index contributed by atoms with van der Waals surface area (Å²) in [7, 11) is -8.88. The van der Waals surface area contributed by atoms with Crippen LogP contribution in [0.4, 0.5) is 0 Å². The van der Waals surface area contributed by atoms with Crippen molar-refractivity contribution in [3.05, 3.63) is 0 Å². The number of halogens is 1. The van der Waals surface area contributed by atoms with E-state index in [1.54, 1.807) is 0 Å². The van der Waals surface area contributed by atoms with Crippen molar-refractivity contribution in [2.75, 3.05) is 13.1 Å². The van der Waals surface area contributed by atoms with Gasteiger partial charge in [-0.05, 0) is 39.8 Å². The van der Waals surface area contributed by atoms with Gasteiger partial charge in [-0.15, -0.1) is 12.4 Å². The van der Waals surface area contributed by atoms with Crippen LogP contribution < -0.4 is 5.32 Å². The Bertz CT molecular complexity index is 409. The first-order chi connectivity index (χ1) is 8.49. The topological polar surface area (TPSA) is 139 Å². The molecule has 2 atom stereocenters. The van der Waals surface area contributed by atoms with Crippen LogP contribution in [0, 0.1) is 0 Å². The number of rotatable bonds is 10. The fourth-order valence-corrected chi connectivity index (χ4v) is 2.27. The molecule has 0 fully saturated rings. The van der Waals surface area contributed by atoms with Crippen LogP contribution in [0.2, 0.25) is 0 Å². The molecule has 0 aliphatic rings. The molecular weight excluding hydrogens is 338 g/mol. The molecule has 20 heavy (non-hydrogen) atoms. The molecule has 2 unspecified atom stereocenters. The van der Waals surface area contributed by atoms with E-state index in [0.29, 0.717) is 25.9 Å². The third-order valence-corrected chi connectivity index (χ3v) is 3.17. The van der Waals surface area contributed by atoms with Crippen LogP contribution in [0.5, 0.6) is 0 Å². The molecule has 0 aliphatic heterocycles. The lowest BCUT2D eigenvalue weighted by Gasteiger charge is -2.12. The van der Waals surface area contributed by atoms with E-state index >= 15 is 0 Å². The number of hydrogen-bond donors (Lipinski definition) is 3. The Morgan fingerprint density at radius 2 is 1.20 bits per heavy atom. The van der Waals surface area contributed by atoms with Crippen molar-refractivity contribution in [3.63, 3.8) is 0 Å². The molecule has 0 heterocycles. The Morgan fingerprint density at radius 3 is 1.45 bits per heavy atom. The van der Waals surface area contributed by atoms with E-state index in [2.05, 4.69) is 13.7 Å². The summed E-state index contributed by atoms with van der Waals surface area (Å²) in [6, 6.07) is 0. The molecule has 0 saturated heterocycles. The molecule has 0 aliphatic carbocycles. The Morgan fingerprint density at radius 1 is 0.900 bits per heavy atom. The fourth-order valence-electron chi connectivity index (χ4n) is 1.25. The first kappa shape index (κ1) is 22.3. The summed E-state index contributed by atoms with van der Waals surface area (Å²) in [6.07, 6.45) is -0.663. The normalized spacial score (nSPS) is 15.4. The van der Waals surface area contributed by atoms with Gasteiger partial charge in [0.25, 0.3) is 0 Å². The zero-order valence-electron chi connectivity index (χ0n) is 11.1. The van der Waals surface area contributed by atoms with Crippen LogP contribution in [-0.2, 0) is 29.2 Å². The first-order valence-corrected chi connectivity index (χ1v) is 8.25. The van der Waals surface area contributed by atoms with Gasteiger partial charge in [0.15, 0.2) is 0 Å². The number of nitrogens with one attached hydrogen (secondary N) is 1. The fraction of sp³-hybridized carbons (Fsp3) is 1.00. The van der Waals surface area contributed by atoms with Gasteiger partial charge in [-0.1, -0.05) is 0 Å². The molecule has 0 aromatic heterocycles. The van der Waals surface area contributed by atoms with Crippen molar-refractivity contribution in [3.8, 4) is 0 Å². The third kappa shape index (κ3) is 16.0. The highest BCUT2D eigenvalue weighted by atomic mass is 35.5. The zero-order chi connectivity index (χ0) is 15.1. The van der Waals surface area contributed by atoms with Gasteiger partial charge < -0.3 is 5.32 Å². The van der Waals surface area contributed by atoms with Gasteiger partial charge in [-0.25, -0.2) is 8.37 Å². The van der Waals surface area contributed by atoms with Gasteiger partial charge in [-0.2, -0.15) is 16.8 Å². The smallest absolute Gasteiger partial charge is 0.317 e. The average molecular weight is 358 g/mol. The standard InChI is InChI=1S/C8H19NO8S2.ClH/c1-7(16-18(10,11)12)3-5-9-6-4-8(2)17-19(13,14)15;/h7-9H,3-6H2,1-2H3,(H,10,11,12)(H,13,14,15);1H. The highest BCUT2D eigenvalue weighted by Gasteiger charge is 2.13. The molecule has 0 rings (SSSR count). The molecular formula is C8H20ClNO8S2. The summed E-state index contributed by atoms with van der Waals surface area (Å²) in [4.78, 5) is 0. The minimum absolute atomic E-state index is 0. The van der Waals surface area contributed by atoms with Gasteiger partial charge in [0.05, 0.1) is 12.2 Å². The highest BCUT2D eigenvalue weighted by Crippen LogP contribution is 2.02. The maximum Gasteiger partial charge on any atom is 0.397 e. The second kappa shape index (κ2) is 9.84. The van der Waals surface area contributed by atoms with E-state index in [-0.39, 0.29) is 12.4 Å². The lowest BCUT2D eigenvalue weighted by atomic mass is 10.2. The molecule has 0 bridgehead atoms. The SMILES string of the molecule is CC(CCNCCC(C)OS(=O)(=O)O)OS(=O)(=O)O.Cl. The lowest BCUT2D eigenvalue weighted by Crippen LogP contribution is -2.26. The second-order valence-electron chi connectivity index (χ2n) is 4.00. The van der Waals surface area contributed by atoms with Gasteiger partial charge in [0.1, 0.15) is 0 Å². The van der Waals surface area contributed by atoms with Gasteiger partial charge in [0, 0.05) is 0 Å². The molecule has 0 aromatic carbocycles. The van der Waals surface area contributed by atoms with Crippen LogP contribution in [0.15, 0.2) is 0 Å². The zero-order valence-corrected chi connectivity index (χ0v) is 13.5. The third-order valence-electron chi connectivity index (χ3n) is 2.03. The van der Waals surface area contributed by atoms with Crippen LogP contribution in [-0.4, -0.2) is 51.2 Å². The quantitative estimate of drug-likeness (QED) is 0.369. The van der Waals surface area contributed by atoms with E-state index < -0.39 is 33.0 Å². The average Bonchev–Trinajstić information content (AvgIpc) is 2.10. The molecule has 124 valence electrons. The van der Waals surface area contributed by atoms with Crippen molar-refractivity contribution in [2.24, 2.45) is 0 Å². The minimum atomic E-state index is -4.44. The maximum absolute atomic E-state index is 10.4. The molecule has 3 N–H and O–H groups in total. The van der Waals surface area contributed by atoms with Crippen molar-refractivity contribution in [1.82, 2.24) is 5.32 Å². The predicted octanol–water partition coefficient (Wildman–Crippen LogP) is 0.194. The van der Waals surface area contributed by atoms with Gasteiger partial charge in [0.2, 0.25) is 0 Å². The maximum atomic E-state index is 10.4. The monoisotopic (exact) mass is 357 g/mol. The molecule has 0 aromatic rings. The summed E-state index contributed by atoms with van der Waals surface area (Å²) >= 11 is 0. The minimum Gasteiger partial charge on any atom is -0.317 e. The molecule has 9 nitrogen and oxygen atoms in total. The molecule has 12 heteroatoms. The largest absolute Gasteiger partial charge is 0.397 e. The van der Waals surface area contributed by atoms with Crippen molar-refractivity contribution >= 4 is 33.2 Å². The van der Waals surface area contributed by atoms with Crippen LogP contribution in [0.1, 0.15) is 26.7 Å². The van der Waals surface area contributed by atoms with Crippen LogP contribution in [0.25, 0.3) is 0 Å². The Hall–Kier alpha value is -0.0100. The van der Waals surface area contributed by atoms with Crippen molar-refractivity contribution in [1.29, 1.82) is 0 Å². The summed E-state index contributed by atoms with van der Waals surface area (Å²) < 4.78 is 66.8. The molecule has 0 radical (unpaired) electrons. The second-order valence-corrected chi connectivity index (χ2v) is 6.09. The first-order valence-electron chi connectivity index (χ1n) is 5.51. The van der Waals surface area contributed by atoms with Crippen LogP contribution in [0.3, 0.4) is 0 Å². The van der Waals surface area contributed by atoms with Crippen molar-refractivity contribution < 1.29 is 34.3 Å². The van der Waals surface area contributed by atoms with E-state index in [4.69, 9.17) is 9.11 Å². The van der Waals surface area contributed by atoms with E-state index in [0.717, 1.165) is 0 Å². The van der Waals surface area contributed by atoms with Gasteiger partial charge in [-0.3, -0.25) is 9.11 Å². The molecule has 0 amide bonds. The van der Waals surface area contributed by atoms with E-state index in [1.165, 1.54) is 13.8 Å². The summed E-state index contributed by atoms with van der Waals surface area (Å²) in [5.74, 6) is 0. The summed E-state index contributed by atoms with van der Waals surface area (Å²) in [6.45, 7) is 3.80. The van der Waals surface area contributed by atoms with Crippen LogP contribution >= 0.6 is 12.4 Å². The Labute approximate surface area is 125 Å². The van der Waals surface area contributed by atoms with E-state index in [1.807, 2.05) is 0 Å². The summed E-state index contributed by atoms with van der Waals surface area (Å²) in [5, 5.41) is 2.91. The van der Waals surface area contributed by atoms with Gasteiger partial charge >= 0.3 is 20.8 Å². The molecule has 0 spiro atoms. The summed E-state index contributed by atoms with van der Waals surface area (Å²) in [5.41, 5.74) is 0. The molecule has 0 saturated carbocycles. The highest BCUT2D eigenvalue weighted by molar-refractivity contribution is 7.81. The van der Waals surface area contributed by atoms with E-state index in [9.17, 15) is 16.8 Å².